The topological polar surface area (TPSA) is 80.0 Å². The minimum absolute atomic E-state index is 0.0264. The quantitative estimate of drug-likeness (QED) is 0.403. The van der Waals surface area contributed by atoms with Gasteiger partial charge in [0.1, 0.15) is 0 Å². The second-order valence-electron chi connectivity index (χ2n) is 6.34. The number of para-hydroxylation sites is 1. The maximum atomic E-state index is 12.8. The summed E-state index contributed by atoms with van der Waals surface area (Å²) >= 11 is 0. The lowest BCUT2D eigenvalue weighted by Crippen LogP contribution is -2.04. The van der Waals surface area contributed by atoms with Crippen LogP contribution in [0.15, 0.2) is 88.2 Å². The lowest BCUT2D eigenvalue weighted by Gasteiger charge is -2.11. The second kappa shape index (κ2) is 8.60. The van der Waals surface area contributed by atoms with Gasteiger partial charge in [-0.05, 0) is 48.5 Å². The third kappa shape index (κ3) is 4.92. The number of anilines is 3. The van der Waals surface area contributed by atoms with Crippen molar-refractivity contribution in [3.05, 3.63) is 84.4 Å². The van der Waals surface area contributed by atoms with Gasteiger partial charge in [-0.1, -0.05) is 35.4 Å². The normalized spacial score (nSPS) is 12.4. The molecule has 3 aromatic carbocycles. The Hall–Kier alpha value is -3.66. The van der Waals surface area contributed by atoms with Crippen LogP contribution in [0.4, 0.5) is 30.6 Å². The highest BCUT2D eigenvalue weighted by Gasteiger charge is 2.30. The van der Waals surface area contributed by atoms with E-state index in [1.165, 1.54) is 12.1 Å². The molecule has 0 saturated heterocycles. The molecule has 10 heteroatoms. The van der Waals surface area contributed by atoms with Gasteiger partial charge in [0.15, 0.2) is 11.0 Å². The van der Waals surface area contributed by atoms with E-state index < -0.39 is 22.7 Å². The Morgan fingerprint density at radius 2 is 1.52 bits per heavy atom. The summed E-state index contributed by atoms with van der Waals surface area (Å²) in [6.07, 6.45) is -4.40. The van der Waals surface area contributed by atoms with Crippen LogP contribution in [-0.4, -0.2) is 14.4 Å². The Morgan fingerprint density at radius 3 is 2.23 bits per heavy atom. The van der Waals surface area contributed by atoms with Crippen molar-refractivity contribution in [2.24, 2.45) is 0 Å². The average Bonchev–Trinajstić information content (AvgIpc) is 3.23. The van der Waals surface area contributed by atoms with E-state index in [-0.39, 0.29) is 11.9 Å². The molecule has 0 bridgehead atoms. The minimum atomic E-state index is -4.40. The van der Waals surface area contributed by atoms with Crippen molar-refractivity contribution in [1.82, 2.24) is 10.2 Å². The fourth-order valence-corrected chi connectivity index (χ4v) is 3.50. The molecule has 0 aliphatic carbocycles. The number of nitrogens with zero attached hydrogens (tertiary/aromatic N) is 2. The third-order valence-electron chi connectivity index (χ3n) is 4.21. The van der Waals surface area contributed by atoms with Crippen LogP contribution < -0.4 is 10.0 Å². The number of benzene rings is 3. The molecule has 0 saturated carbocycles. The molecule has 4 aromatic rings. The van der Waals surface area contributed by atoms with Crippen LogP contribution in [0.25, 0.3) is 11.5 Å². The highest BCUT2D eigenvalue weighted by molar-refractivity contribution is 7.86. The van der Waals surface area contributed by atoms with E-state index in [4.69, 9.17) is 4.42 Å². The largest absolute Gasteiger partial charge is 0.416 e. The zero-order valence-corrected chi connectivity index (χ0v) is 16.6. The first kappa shape index (κ1) is 20.6. The Morgan fingerprint density at radius 1 is 0.839 bits per heavy atom. The predicted octanol–water partition coefficient (Wildman–Crippen LogP) is 5.63. The molecule has 1 atom stereocenters. The van der Waals surface area contributed by atoms with Crippen LogP contribution in [0.5, 0.6) is 0 Å². The average molecular weight is 444 g/mol. The molecule has 158 valence electrons. The number of hydrogen-bond acceptors (Lipinski definition) is 5. The number of rotatable bonds is 6. The Labute approximate surface area is 177 Å². The molecule has 0 spiro atoms. The molecule has 0 aliphatic heterocycles. The summed E-state index contributed by atoms with van der Waals surface area (Å²) < 4.78 is 58.8. The van der Waals surface area contributed by atoms with Gasteiger partial charge in [-0.15, -0.1) is 5.10 Å². The van der Waals surface area contributed by atoms with Crippen molar-refractivity contribution in [2.75, 3.05) is 10.0 Å². The molecule has 6 nitrogen and oxygen atoms in total. The molecule has 2 N–H and O–H groups in total. The van der Waals surface area contributed by atoms with Crippen molar-refractivity contribution in [2.45, 2.75) is 11.1 Å². The summed E-state index contributed by atoms with van der Waals surface area (Å²) in [7, 11) is -1.58. The van der Waals surface area contributed by atoms with Crippen molar-refractivity contribution in [3.8, 4) is 11.5 Å². The van der Waals surface area contributed by atoms with Crippen LogP contribution in [0, 0.1) is 0 Å². The van der Waals surface area contributed by atoms with Gasteiger partial charge >= 0.3 is 12.2 Å². The second-order valence-corrected chi connectivity index (χ2v) is 7.55. The molecule has 4 rings (SSSR count). The Bertz CT molecular complexity index is 1200. The smallest absolute Gasteiger partial charge is 0.403 e. The molecular weight excluding hydrogens is 429 g/mol. The maximum absolute atomic E-state index is 12.8. The van der Waals surface area contributed by atoms with Crippen molar-refractivity contribution in [1.29, 1.82) is 0 Å². The first-order chi connectivity index (χ1) is 14.9. The summed E-state index contributed by atoms with van der Waals surface area (Å²) in [6, 6.07) is 20.3. The Balaban J connectivity index is 1.53. The summed E-state index contributed by atoms with van der Waals surface area (Å²) in [6.45, 7) is 0. The lowest BCUT2D eigenvalue weighted by atomic mass is 10.1. The molecular formula is C21H15F3N4O2S. The van der Waals surface area contributed by atoms with Crippen LogP contribution >= 0.6 is 0 Å². The van der Waals surface area contributed by atoms with Gasteiger partial charge < -0.3 is 9.73 Å². The minimum Gasteiger partial charge on any atom is -0.403 e. The van der Waals surface area contributed by atoms with Gasteiger partial charge in [-0.2, -0.15) is 13.2 Å². The number of nitrogens with one attached hydrogen (secondary N) is 2. The fraction of sp³-hybridized carbons (Fsp3) is 0.0476. The fourth-order valence-electron chi connectivity index (χ4n) is 2.73. The molecule has 0 radical (unpaired) electrons. The van der Waals surface area contributed by atoms with Gasteiger partial charge in [0.25, 0.3) is 5.89 Å². The standard InChI is InChI=1S/C21H15F3N4O2S/c22-21(23,24)14-10-12-15(13-11-14)25-18-9-5-4-8-17(18)19-26-27-20(30-19)28-31(29)16-6-2-1-3-7-16/h1-13,25H,(H,27,28). The van der Waals surface area contributed by atoms with Crippen LogP contribution in [0.1, 0.15) is 5.56 Å². The summed E-state index contributed by atoms with van der Waals surface area (Å²) in [5, 5.41) is 10.9. The molecule has 1 aromatic heterocycles. The summed E-state index contributed by atoms with van der Waals surface area (Å²) in [4.78, 5) is 0.548. The van der Waals surface area contributed by atoms with Gasteiger partial charge in [0.2, 0.25) is 0 Å². The maximum Gasteiger partial charge on any atom is 0.416 e. The first-order valence-electron chi connectivity index (χ1n) is 9.01. The molecule has 0 aliphatic rings. The SMILES string of the molecule is O=S(Nc1nnc(-c2ccccc2Nc2ccc(C(F)(F)F)cc2)o1)c1ccccc1. The van der Waals surface area contributed by atoms with E-state index in [9.17, 15) is 17.4 Å². The molecule has 0 fully saturated rings. The zero-order valence-electron chi connectivity index (χ0n) is 15.8. The van der Waals surface area contributed by atoms with E-state index >= 15 is 0 Å². The summed E-state index contributed by atoms with van der Waals surface area (Å²) in [5.41, 5.74) is 0.823. The van der Waals surface area contributed by atoms with E-state index in [2.05, 4.69) is 20.2 Å². The molecule has 31 heavy (non-hydrogen) atoms. The Kier molecular flexibility index (Phi) is 5.72. The van der Waals surface area contributed by atoms with Crippen molar-refractivity contribution >= 4 is 28.4 Å². The van der Waals surface area contributed by atoms with Crippen LogP contribution in [0.2, 0.25) is 0 Å². The molecule has 1 unspecified atom stereocenters. The predicted molar refractivity (Wildman–Crippen MR) is 111 cm³/mol. The number of hydrogen-bond donors (Lipinski definition) is 2. The summed E-state index contributed by atoms with van der Waals surface area (Å²) in [5.74, 6) is 0.155. The molecule has 1 heterocycles. The van der Waals surface area contributed by atoms with Crippen molar-refractivity contribution in [3.63, 3.8) is 0 Å². The zero-order chi connectivity index (χ0) is 21.8. The van der Waals surface area contributed by atoms with Gasteiger partial charge in [0.05, 0.1) is 21.7 Å². The van der Waals surface area contributed by atoms with Gasteiger partial charge in [-0.25, -0.2) is 4.21 Å². The van der Waals surface area contributed by atoms with E-state index in [1.807, 2.05) is 6.07 Å². The van der Waals surface area contributed by atoms with E-state index in [0.29, 0.717) is 21.8 Å². The molecule has 0 amide bonds. The van der Waals surface area contributed by atoms with Crippen molar-refractivity contribution < 1.29 is 21.8 Å². The van der Waals surface area contributed by atoms with E-state index in [1.54, 1.807) is 48.5 Å². The van der Waals surface area contributed by atoms with Gasteiger partial charge in [0, 0.05) is 5.69 Å². The van der Waals surface area contributed by atoms with Crippen LogP contribution in [-0.2, 0) is 17.2 Å². The number of alkyl halides is 3. The number of aromatic nitrogens is 2. The number of halogens is 3. The highest BCUT2D eigenvalue weighted by atomic mass is 32.2. The highest BCUT2D eigenvalue weighted by Crippen LogP contribution is 2.33. The van der Waals surface area contributed by atoms with Crippen LogP contribution in [0.3, 0.4) is 0 Å². The first-order valence-corrected chi connectivity index (χ1v) is 10.2. The van der Waals surface area contributed by atoms with Gasteiger partial charge in [-0.3, -0.25) is 4.72 Å². The van der Waals surface area contributed by atoms with E-state index in [0.717, 1.165) is 12.1 Å². The monoisotopic (exact) mass is 444 g/mol. The third-order valence-corrected chi connectivity index (χ3v) is 5.27. The lowest BCUT2D eigenvalue weighted by molar-refractivity contribution is -0.137.